The first-order valence-corrected chi connectivity index (χ1v) is 14.3. The Labute approximate surface area is 187 Å². The normalized spacial score (nSPS) is 13.8. The molecule has 2 unspecified atom stereocenters. The third-order valence-electron chi connectivity index (χ3n) is 5.78. The Morgan fingerprint density at radius 1 is 0.767 bits per heavy atom. The lowest BCUT2D eigenvalue weighted by atomic mass is 9.99. The highest BCUT2D eigenvalue weighted by Crippen LogP contribution is 2.23. The van der Waals surface area contributed by atoms with Crippen LogP contribution in [-0.4, -0.2) is 21.0 Å². The van der Waals surface area contributed by atoms with Gasteiger partial charge in [-0.05, 0) is 87.0 Å². The zero-order valence-corrected chi connectivity index (χ0v) is 22.0. The lowest BCUT2D eigenvalue weighted by Crippen LogP contribution is -2.43. The van der Waals surface area contributed by atoms with Crippen molar-refractivity contribution in [2.24, 2.45) is 0 Å². The first kappa shape index (κ1) is 26.5. The van der Waals surface area contributed by atoms with Crippen LogP contribution in [0.15, 0.2) is 48.5 Å². The molecule has 0 fully saturated rings. The van der Waals surface area contributed by atoms with E-state index < -0.39 is 8.32 Å². The maximum Gasteiger partial charge on any atom is 0.217 e. The molecule has 0 aliphatic rings. The SMILES string of the molecule is CCC(C)c1ccc(OC(C)(C)C)cc1.CCC(C)c1ccc([Si](C)(C)OC)cc1. The average Bonchev–Trinajstić information content (AvgIpc) is 2.72. The Balaban J connectivity index is 0.000000300. The van der Waals surface area contributed by atoms with Gasteiger partial charge in [0, 0.05) is 7.11 Å². The first-order chi connectivity index (χ1) is 13.9. The molecular formula is C27H44O2Si. The third-order valence-corrected chi connectivity index (χ3v) is 8.53. The maximum absolute atomic E-state index is 5.77. The smallest absolute Gasteiger partial charge is 0.217 e. The second-order valence-electron chi connectivity index (χ2n) is 9.74. The predicted octanol–water partition coefficient (Wildman–Crippen LogP) is 7.64. The lowest BCUT2D eigenvalue weighted by Gasteiger charge is -2.21. The summed E-state index contributed by atoms with van der Waals surface area (Å²) in [5.74, 6) is 2.25. The van der Waals surface area contributed by atoms with Gasteiger partial charge in [0.1, 0.15) is 11.4 Å². The van der Waals surface area contributed by atoms with Gasteiger partial charge in [-0.1, -0.05) is 64.1 Å². The van der Waals surface area contributed by atoms with Crippen LogP contribution in [0.4, 0.5) is 0 Å². The second kappa shape index (κ2) is 11.7. The molecule has 0 aliphatic carbocycles. The molecule has 30 heavy (non-hydrogen) atoms. The van der Waals surface area contributed by atoms with E-state index in [4.69, 9.17) is 9.16 Å². The first-order valence-electron chi connectivity index (χ1n) is 11.4. The monoisotopic (exact) mass is 428 g/mol. The fourth-order valence-corrected chi connectivity index (χ4v) is 4.23. The van der Waals surface area contributed by atoms with Crippen molar-refractivity contribution in [3.05, 3.63) is 59.7 Å². The number of benzene rings is 2. The largest absolute Gasteiger partial charge is 0.488 e. The predicted molar refractivity (Wildman–Crippen MR) is 135 cm³/mol. The molecule has 0 saturated carbocycles. The number of ether oxygens (including phenoxy) is 1. The van der Waals surface area contributed by atoms with E-state index in [2.05, 4.69) is 110 Å². The quantitative estimate of drug-likeness (QED) is 0.422. The summed E-state index contributed by atoms with van der Waals surface area (Å²) in [5, 5.41) is 1.37. The van der Waals surface area contributed by atoms with Gasteiger partial charge < -0.3 is 9.16 Å². The van der Waals surface area contributed by atoms with Gasteiger partial charge in [-0.25, -0.2) is 0 Å². The van der Waals surface area contributed by atoms with Crippen LogP contribution >= 0.6 is 0 Å². The second-order valence-corrected chi connectivity index (χ2v) is 13.7. The molecule has 0 N–H and O–H groups in total. The van der Waals surface area contributed by atoms with Gasteiger partial charge in [-0.2, -0.15) is 0 Å². The van der Waals surface area contributed by atoms with Gasteiger partial charge in [0.05, 0.1) is 0 Å². The van der Waals surface area contributed by atoms with E-state index in [1.54, 1.807) is 0 Å². The van der Waals surface area contributed by atoms with Crippen molar-refractivity contribution in [3.63, 3.8) is 0 Å². The van der Waals surface area contributed by atoms with Crippen LogP contribution in [-0.2, 0) is 4.43 Å². The van der Waals surface area contributed by atoms with E-state index >= 15 is 0 Å². The van der Waals surface area contributed by atoms with E-state index in [9.17, 15) is 0 Å². The molecule has 2 aromatic rings. The molecule has 0 spiro atoms. The maximum atomic E-state index is 5.77. The minimum Gasteiger partial charge on any atom is -0.488 e. The number of hydrogen-bond donors (Lipinski definition) is 0. The molecule has 0 amide bonds. The zero-order valence-electron chi connectivity index (χ0n) is 21.0. The molecule has 0 aliphatic heterocycles. The topological polar surface area (TPSA) is 18.5 Å². The number of rotatable bonds is 7. The van der Waals surface area contributed by atoms with E-state index in [1.807, 2.05) is 7.11 Å². The van der Waals surface area contributed by atoms with Gasteiger partial charge in [-0.15, -0.1) is 0 Å². The Bertz CT molecular complexity index is 727. The highest BCUT2D eigenvalue weighted by atomic mass is 28.4. The van der Waals surface area contributed by atoms with E-state index in [0.29, 0.717) is 11.8 Å². The summed E-state index contributed by atoms with van der Waals surface area (Å²) in [4.78, 5) is 0. The Morgan fingerprint density at radius 3 is 1.50 bits per heavy atom. The van der Waals surface area contributed by atoms with Crippen molar-refractivity contribution in [2.45, 2.75) is 91.8 Å². The third kappa shape index (κ3) is 8.65. The van der Waals surface area contributed by atoms with E-state index in [1.165, 1.54) is 29.2 Å². The molecular weight excluding hydrogens is 384 g/mol. The van der Waals surface area contributed by atoms with Crippen molar-refractivity contribution >= 4 is 13.5 Å². The van der Waals surface area contributed by atoms with Crippen LogP contribution in [0, 0.1) is 0 Å². The summed E-state index contributed by atoms with van der Waals surface area (Å²) < 4.78 is 11.4. The average molecular weight is 429 g/mol. The van der Waals surface area contributed by atoms with Crippen molar-refractivity contribution in [3.8, 4) is 5.75 Å². The molecule has 0 heterocycles. The molecule has 2 rings (SSSR count). The number of hydrogen-bond acceptors (Lipinski definition) is 2. The summed E-state index contributed by atoms with van der Waals surface area (Å²) in [6.07, 6.45) is 2.38. The van der Waals surface area contributed by atoms with Crippen LogP contribution in [0.1, 0.15) is 84.3 Å². The molecule has 0 aromatic heterocycles. The van der Waals surface area contributed by atoms with E-state index in [0.717, 1.165) is 5.75 Å². The van der Waals surface area contributed by atoms with E-state index in [-0.39, 0.29) is 5.60 Å². The van der Waals surface area contributed by atoms with Crippen LogP contribution in [0.5, 0.6) is 5.75 Å². The summed E-state index contributed by atoms with van der Waals surface area (Å²) in [5.41, 5.74) is 2.71. The van der Waals surface area contributed by atoms with Crippen molar-refractivity contribution < 1.29 is 9.16 Å². The fourth-order valence-electron chi connectivity index (χ4n) is 3.02. The van der Waals surface area contributed by atoms with Gasteiger partial charge in [-0.3, -0.25) is 0 Å². The molecule has 2 atom stereocenters. The Morgan fingerprint density at radius 2 is 1.17 bits per heavy atom. The molecule has 2 aromatic carbocycles. The minimum atomic E-state index is -1.62. The molecule has 0 saturated heterocycles. The lowest BCUT2D eigenvalue weighted by molar-refractivity contribution is 0.131. The van der Waals surface area contributed by atoms with Crippen molar-refractivity contribution in [1.82, 2.24) is 0 Å². The van der Waals surface area contributed by atoms with Gasteiger partial charge in [0.15, 0.2) is 0 Å². The van der Waals surface area contributed by atoms with Crippen LogP contribution in [0.2, 0.25) is 13.1 Å². The summed E-state index contributed by atoms with van der Waals surface area (Å²) in [6, 6.07) is 17.4. The summed E-state index contributed by atoms with van der Waals surface area (Å²) in [7, 11) is 0.193. The van der Waals surface area contributed by atoms with Gasteiger partial charge >= 0.3 is 0 Å². The minimum absolute atomic E-state index is 0.113. The molecule has 168 valence electrons. The standard InChI is InChI=1S/C14H22O.C13H22OSi/c1-6-11(2)12-7-9-13(10-8-12)15-14(3,4)5;1-6-11(2)12-7-9-13(10-8-12)15(4,5)14-3/h2*7-11H,6H2,1-5H3. The molecule has 0 radical (unpaired) electrons. The Kier molecular flexibility index (Phi) is 10.3. The summed E-state index contributed by atoms with van der Waals surface area (Å²) in [6.45, 7) is 19.6. The van der Waals surface area contributed by atoms with Crippen molar-refractivity contribution in [1.29, 1.82) is 0 Å². The van der Waals surface area contributed by atoms with Crippen LogP contribution < -0.4 is 9.92 Å². The van der Waals surface area contributed by atoms with Crippen LogP contribution in [0.25, 0.3) is 0 Å². The van der Waals surface area contributed by atoms with Crippen molar-refractivity contribution in [2.75, 3.05) is 7.11 Å². The highest BCUT2D eigenvalue weighted by molar-refractivity contribution is 6.84. The summed E-state index contributed by atoms with van der Waals surface area (Å²) >= 11 is 0. The Hall–Kier alpha value is -1.58. The van der Waals surface area contributed by atoms with Gasteiger partial charge in [0.25, 0.3) is 0 Å². The van der Waals surface area contributed by atoms with Crippen LogP contribution in [0.3, 0.4) is 0 Å². The highest BCUT2D eigenvalue weighted by Gasteiger charge is 2.23. The zero-order chi connectivity index (χ0) is 22.9. The van der Waals surface area contributed by atoms with Gasteiger partial charge in [0.2, 0.25) is 8.32 Å². The molecule has 2 nitrogen and oxygen atoms in total. The molecule has 3 heteroatoms. The fraction of sp³-hybridized carbons (Fsp3) is 0.556. The molecule has 0 bridgehead atoms.